The summed E-state index contributed by atoms with van der Waals surface area (Å²) in [6.07, 6.45) is 3.37. The first-order valence-electron chi connectivity index (χ1n) is 9.02. The number of hydrogen-bond acceptors (Lipinski definition) is 3. The van der Waals surface area contributed by atoms with Gasteiger partial charge < -0.3 is 10.0 Å². The fraction of sp³-hybridized carbons (Fsp3) is 0.889. The quantitative estimate of drug-likeness (QED) is 0.684. The molecule has 0 bridgehead atoms. The second kappa shape index (κ2) is 11.7. The summed E-state index contributed by atoms with van der Waals surface area (Å²) in [6, 6.07) is 0. The van der Waals surface area contributed by atoms with Crippen molar-refractivity contribution in [2.75, 3.05) is 32.7 Å². The van der Waals surface area contributed by atoms with Crippen LogP contribution in [0.3, 0.4) is 0 Å². The Bertz CT molecular complexity index is 368. The van der Waals surface area contributed by atoms with E-state index in [1.54, 1.807) is 0 Å². The van der Waals surface area contributed by atoms with Crippen LogP contribution in [0.5, 0.6) is 0 Å². The van der Waals surface area contributed by atoms with Crippen molar-refractivity contribution < 1.29 is 14.7 Å². The highest BCUT2D eigenvalue weighted by Crippen LogP contribution is 2.17. The van der Waals surface area contributed by atoms with Gasteiger partial charge in [-0.15, -0.1) is 12.4 Å². The lowest BCUT2D eigenvalue weighted by atomic mass is 9.97. The summed E-state index contributed by atoms with van der Waals surface area (Å²) >= 11 is 0. The van der Waals surface area contributed by atoms with Crippen LogP contribution in [-0.4, -0.2) is 59.5 Å². The van der Waals surface area contributed by atoms with Gasteiger partial charge in [0, 0.05) is 13.1 Å². The summed E-state index contributed by atoms with van der Waals surface area (Å²) in [5, 5.41) is 9.04. The minimum Gasteiger partial charge on any atom is -0.481 e. The van der Waals surface area contributed by atoms with Gasteiger partial charge in [-0.3, -0.25) is 14.5 Å². The third kappa shape index (κ3) is 8.88. The highest BCUT2D eigenvalue weighted by Gasteiger charge is 2.26. The fourth-order valence-corrected chi connectivity index (χ4v) is 2.82. The maximum absolute atomic E-state index is 12.6. The number of carbonyl (C=O) groups excluding carboxylic acids is 1. The van der Waals surface area contributed by atoms with Gasteiger partial charge in [0.25, 0.3) is 0 Å². The maximum atomic E-state index is 12.6. The van der Waals surface area contributed by atoms with E-state index in [0.29, 0.717) is 44.3 Å². The molecule has 1 saturated heterocycles. The number of rotatable bonds is 9. The third-order valence-corrected chi connectivity index (χ3v) is 4.60. The smallest absolute Gasteiger partial charge is 0.306 e. The van der Waals surface area contributed by atoms with Gasteiger partial charge in [-0.1, -0.05) is 27.7 Å². The molecule has 1 rings (SSSR count). The molecule has 0 aliphatic carbocycles. The molecule has 1 aliphatic rings. The Hall–Kier alpha value is -0.810. The summed E-state index contributed by atoms with van der Waals surface area (Å²) < 4.78 is 0. The van der Waals surface area contributed by atoms with Crippen LogP contribution in [0.1, 0.15) is 53.4 Å². The van der Waals surface area contributed by atoms with Gasteiger partial charge >= 0.3 is 5.97 Å². The minimum atomic E-state index is -0.702. The van der Waals surface area contributed by atoms with Gasteiger partial charge in [-0.25, -0.2) is 0 Å². The second-order valence-corrected chi connectivity index (χ2v) is 7.63. The number of halogens is 1. The molecule has 0 spiro atoms. The predicted molar refractivity (Wildman–Crippen MR) is 99.5 cm³/mol. The van der Waals surface area contributed by atoms with Crippen molar-refractivity contribution in [2.45, 2.75) is 53.4 Å². The van der Waals surface area contributed by atoms with Crippen molar-refractivity contribution in [3.05, 3.63) is 0 Å². The number of piperidine rings is 1. The van der Waals surface area contributed by atoms with E-state index in [0.717, 1.165) is 25.9 Å². The third-order valence-electron chi connectivity index (χ3n) is 4.60. The molecule has 0 saturated carbocycles. The van der Waals surface area contributed by atoms with Gasteiger partial charge in [-0.05, 0) is 50.6 Å². The second-order valence-electron chi connectivity index (χ2n) is 7.63. The Morgan fingerprint density at radius 2 is 1.50 bits per heavy atom. The molecular weight excluding hydrogens is 328 g/mol. The van der Waals surface area contributed by atoms with Crippen LogP contribution in [0.2, 0.25) is 0 Å². The SMILES string of the molecule is CC(C)CCN(CCC(C)C)C(=O)CN1CCC(C(=O)O)CC1.Cl. The molecular formula is C18H35ClN2O3. The van der Waals surface area contributed by atoms with Crippen molar-refractivity contribution in [2.24, 2.45) is 17.8 Å². The Labute approximate surface area is 153 Å². The monoisotopic (exact) mass is 362 g/mol. The first-order chi connectivity index (χ1) is 10.8. The molecule has 24 heavy (non-hydrogen) atoms. The van der Waals surface area contributed by atoms with Crippen molar-refractivity contribution in [1.82, 2.24) is 9.80 Å². The molecule has 1 amide bonds. The number of nitrogens with zero attached hydrogens (tertiary/aromatic N) is 2. The molecule has 0 aromatic rings. The summed E-state index contributed by atoms with van der Waals surface area (Å²) in [5.74, 6) is 0.442. The van der Waals surface area contributed by atoms with Crippen LogP contribution in [0.15, 0.2) is 0 Å². The highest BCUT2D eigenvalue weighted by molar-refractivity contribution is 5.85. The van der Waals surface area contributed by atoms with Crippen LogP contribution in [0, 0.1) is 17.8 Å². The van der Waals surface area contributed by atoms with E-state index < -0.39 is 5.97 Å². The largest absolute Gasteiger partial charge is 0.481 e. The molecule has 1 fully saturated rings. The van der Waals surface area contributed by atoms with Crippen LogP contribution in [0.4, 0.5) is 0 Å². The fourth-order valence-electron chi connectivity index (χ4n) is 2.82. The van der Waals surface area contributed by atoms with E-state index in [2.05, 4.69) is 32.6 Å². The van der Waals surface area contributed by atoms with E-state index in [9.17, 15) is 9.59 Å². The molecule has 1 aliphatic heterocycles. The Morgan fingerprint density at radius 3 is 1.88 bits per heavy atom. The lowest BCUT2D eigenvalue weighted by Crippen LogP contribution is -2.45. The standard InChI is InChI=1S/C18H34N2O3.ClH/c1-14(2)5-11-20(12-6-15(3)4)17(21)13-19-9-7-16(8-10-19)18(22)23;/h14-16H,5-13H2,1-4H3,(H,22,23);1H. The van der Waals surface area contributed by atoms with Gasteiger partial charge in [0.1, 0.15) is 0 Å². The lowest BCUT2D eigenvalue weighted by molar-refractivity contribution is -0.143. The van der Waals surface area contributed by atoms with Crippen LogP contribution in [-0.2, 0) is 9.59 Å². The molecule has 142 valence electrons. The van der Waals surface area contributed by atoms with Crippen molar-refractivity contribution in [1.29, 1.82) is 0 Å². The minimum absolute atomic E-state index is 0. The highest BCUT2D eigenvalue weighted by atomic mass is 35.5. The zero-order valence-electron chi connectivity index (χ0n) is 15.7. The molecule has 0 aromatic carbocycles. The molecule has 1 heterocycles. The van der Waals surface area contributed by atoms with E-state index in [1.807, 2.05) is 4.90 Å². The van der Waals surface area contributed by atoms with Crippen molar-refractivity contribution in [3.63, 3.8) is 0 Å². The van der Waals surface area contributed by atoms with Gasteiger partial charge in [-0.2, -0.15) is 0 Å². The molecule has 6 heteroatoms. The van der Waals surface area contributed by atoms with E-state index >= 15 is 0 Å². The topological polar surface area (TPSA) is 60.9 Å². The first-order valence-corrected chi connectivity index (χ1v) is 9.02. The average molecular weight is 363 g/mol. The van der Waals surface area contributed by atoms with E-state index in [-0.39, 0.29) is 24.2 Å². The molecule has 0 atom stereocenters. The summed E-state index contributed by atoms with van der Waals surface area (Å²) in [5.41, 5.74) is 0. The van der Waals surface area contributed by atoms with E-state index in [1.165, 1.54) is 0 Å². The van der Waals surface area contributed by atoms with Crippen LogP contribution < -0.4 is 0 Å². The van der Waals surface area contributed by atoms with Crippen molar-refractivity contribution >= 4 is 24.3 Å². The predicted octanol–water partition coefficient (Wildman–Crippen LogP) is 3.13. The number of carboxylic acids is 1. The molecule has 1 N–H and O–H groups in total. The molecule has 0 radical (unpaired) electrons. The number of carboxylic acid groups (broad SMARTS) is 1. The average Bonchev–Trinajstić information content (AvgIpc) is 2.47. The van der Waals surface area contributed by atoms with Gasteiger partial charge in [0.2, 0.25) is 5.91 Å². The first kappa shape index (κ1) is 23.2. The van der Waals surface area contributed by atoms with Gasteiger partial charge in [0.15, 0.2) is 0 Å². The summed E-state index contributed by atoms with van der Waals surface area (Å²) in [4.78, 5) is 27.7. The Morgan fingerprint density at radius 1 is 1.04 bits per heavy atom. The summed E-state index contributed by atoms with van der Waals surface area (Å²) in [6.45, 7) is 12.2. The van der Waals surface area contributed by atoms with E-state index in [4.69, 9.17) is 5.11 Å². The van der Waals surface area contributed by atoms with Crippen LogP contribution >= 0.6 is 12.4 Å². The molecule has 0 unspecified atom stereocenters. The summed E-state index contributed by atoms with van der Waals surface area (Å²) in [7, 11) is 0. The normalized spacial score (nSPS) is 16.2. The molecule has 5 nitrogen and oxygen atoms in total. The van der Waals surface area contributed by atoms with Gasteiger partial charge in [0.05, 0.1) is 12.5 Å². The van der Waals surface area contributed by atoms with Crippen molar-refractivity contribution in [3.8, 4) is 0 Å². The Balaban J connectivity index is 0.00000529. The molecule has 0 aromatic heterocycles. The number of amides is 1. The lowest BCUT2D eigenvalue weighted by Gasteiger charge is -2.32. The zero-order valence-corrected chi connectivity index (χ0v) is 16.5. The number of aliphatic carboxylic acids is 1. The zero-order chi connectivity index (χ0) is 17.4. The number of likely N-dealkylation sites (tertiary alicyclic amines) is 1. The Kier molecular flexibility index (Phi) is 11.3. The number of carbonyl (C=O) groups is 2. The van der Waals surface area contributed by atoms with Crippen LogP contribution in [0.25, 0.3) is 0 Å². The number of hydrogen-bond donors (Lipinski definition) is 1. The maximum Gasteiger partial charge on any atom is 0.306 e.